The normalized spacial score (nSPS) is 17.4. The van der Waals surface area contributed by atoms with E-state index in [0.717, 1.165) is 44.2 Å². The van der Waals surface area contributed by atoms with Crippen LogP contribution in [0.1, 0.15) is 54.6 Å². The summed E-state index contributed by atoms with van der Waals surface area (Å²) in [6, 6.07) is 4.32. The lowest BCUT2D eigenvalue weighted by molar-refractivity contribution is 0.0737. The van der Waals surface area contributed by atoms with Crippen LogP contribution in [0, 0.1) is 0 Å². The number of pyridine rings is 1. The van der Waals surface area contributed by atoms with Crippen LogP contribution in [0.2, 0.25) is 0 Å². The second kappa shape index (κ2) is 7.19. The maximum atomic E-state index is 12.8. The minimum atomic E-state index is -3.45. The SMILES string of the molecule is CC(C)(O)c1ccc([S@](N)(=O)=NC(=O)Nc2cc3c(c4c2CCC4)CCC3)cn1. The van der Waals surface area contributed by atoms with E-state index < -0.39 is 21.5 Å². The average molecular weight is 415 g/mol. The Morgan fingerprint density at radius 3 is 2.55 bits per heavy atom. The lowest BCUT2D eigenvalue weighted by Gasteiger charge is -2.16. The van der Waals surface area contributed by atoms with Gasteiger partial charge in [-0.05, 0) is 92.8 Å². The number of rotatable bonds is 3. The molecule has 8 heteroatoms. The van der Waals surface area contributed by atoms with E-state index in [-0.39, 0.29) is 4.90 Å². The number of nitrogens with zero attached hydrogens (tertiary/aromatic N) is 2. The fraction of sp³-hybridized carbons (Fsp3) is 0.429. The maximum absolute atomic E-state index is 12.8. The first-order chi connectivity index (χ1) is 13.6. The van der Waals surface area contributed by atoms with E-state index >= 15 is 0 Å². The monoisotopic (exact) mass is 414 g/mol. The highest BCUT2D eigenvalue weighted by Gasteiger charge is 2.25. The van der Waals surface area contributed by atoms with Crippen LogP contribution < -0.4 is 10.5 Å². The number of hydrogen-bond acceptors (Lipinski definition) is 4. The van der Waals surface area contributed by atoms with Crippen molar-refractivity contribution in [3.8, 4) is 0 Å². The fourth-order valence-electron chi connectivity index (χ4n) is 4.25. The number of nitrogens with one attached hydrogen (secondary N) is 1. The second-order valence-electron chi connectivity index (χ2n) is 8.25. The highest BCUT2D eigenvalue weighted by atomic mass is 32.2. The van der Waals surface area contributed by atoms with Crippen molar-refractivity contribution in [1.29, 1.82) is 0 Å². The van der Waals surface area contributed by atoms with Crippen molar-refractivity contribution in [2.24, 2.45) is 9.50 Å². The van der Waals surface area contributed by atoms with Gasteiger partial charge in [0.1, 0.15) is 15.5 Å². The summed E-state index contributed by atoms with van der Waals surface area (Å²) in [5.41, 5.74) is 5.33. The van der Waals surface area contributed by atoms with Crippen LogP contribution >= 0.6 is 0 Å². The minimum absolute atomic E-state index is 0.139. The third kappa shape index (κ3) is 3.92. The molecule has 0 saturated heterocycles. The minimum Gasteiger partial charge on any atom is -0.384 e. The number of carbonyl (C=O) groups is 1. The number of nitrogens with two attached hydrogens (primary N) is 1. The third-order valence-corrected chi connectivity index (χ3v) is 7.00. The molecule has 0 bridgehead atoms. The van der Waals surface area contributed by atoms with Crippen LogP contribution in [-0.4, -0.2) is 20.3 Å². The van der Waals surface area contributed by atoms with Crippen molar-refractivity contribution in [3.63, 3.8) is 0 Å². The Kier molecular flexibility index (Phi) is 4.96. The number of carbonyl (C=O) groups excluding carboxylic acids is 1. The van der Waals surface area contributed by atoms with E-state index in [1.54, 1.807) is 13.8 Å². The molecule has 0 radical (unpaired) electrons. The predicted molar refractivity (Wildman–Crippen MR) is 112 cm³/mol. The number of urea groups is 1. The molecule has 0 fully saturated rings. The fourth-order valence-corrected chi connectivity index (χ4v) is 5.11. The molecule has 154 valence electrons. The zero-order valence-electron chi connectivity index (χ0n) is 16.7. The topological polar surface area (TPSA) is 118 Å². The molecular weight excluding hydrogens is 388 g/mol. The molecule has 2 aliphatic carbocycles. The summed E-state index contributed by atoms with van der Waals surface area (Å²) >= 11 is 0. The molecule has 7 nitrogen and oxygen atoms in total. The molecule has 0 saturated carbocycles. The average Bonchev–Trinajstić information content (AvgIpc) is 3.29. The van der Waals surface area contributed by atoms with E-state index in [1.165, 1.54) is 40.6 Å². The first-order valence-electron chi connectivity index (χ1n) is 9.86. The molecule has 29 heavy (non-hydrogen) atoms. The smallest absolute Gasteiger partial charge is 0.354 e. The number of amides is 2. The van der Waals surface area contributed by atoms with Gasteiger partial charge in [0.25, 0.3) is 0 Å². The molecule has 1 aromatic carbocycles. The van der Waals surface area contributed by atoms with E-state index in [2.05, 4.69) is 14.7 Å². The molecule has 1 aromatic heterocycles. The quantitative estimate of drug-likeness (QED) is 0.714. The Bertz CT molecular complexity index is 1090. The number of fused-ring (bicyclic) bond motifs is 3. The standard InChI is InChI=1S/C21H26N4O3S/c1-21(2,27)19-10-9-14(12-23-19)29(22,28)25-20(26)24-18-11-13-5-3-6-15(13)16-7-4-8-17(16)18/h9-12,27H,3-8H2,1-2H3,(H3,22,24,25,26,28)/t29-/m1/s1. The number of aliphatic hydroxyl groups is 1. The van der Waals surface area contributed by atoms with Crippen molar-refractivity contribution < 1.29 is 14.1 Å². The molecule has 0 unspecified atom stereocenters. The lowest BCUT2D eigenvalue weighted by Crippen LogP contribution is -2.20. The van der Waals surface area contributed by atoms with Gasteiger partial charge < -0.3 is 10.4 Å². The molecule has 2 aliphatic rings. The van der Waals surface area contributed by atoms with Gasteiger partial charge in [-0.15, -0.1) is 4.36 Å². The van der Waals surface area contributed by atoms with E-state index in [9.17, 15) is 14.1 Å². The Balaban J connectivity index is 1.60. The van der Waals surface area contributed by atoms with Gasteiger partial charge in [0.2, 0.25) is 0 Å². The van der Waals surface area contributed by atoms with Gasteiger partial charge in [-0.2, -0.15) is 0 Å². The second-order valence-corrected chi connectivity index (χ2v) is 10.0. The van der Waals surface area contributed by atoms with Crippen molar-refractivity contribution in [1.82, 2.24) is 4.98 Å². The molecule has 2 amide bonds. The van der Waals surface area contributed by atoms with Gasteiger partial charge in [-0.3, -0.25) is 4.98 Å². The molecule has 1 atom stereocenters. The highest BCUT2D eigenvalue weighted by molar-refractivity contribution is 7.91. The Morgan fingerprint density at radius 1 is 1.17 bits per heavy atom. The highest BCUT2D eigenvalue weighted by Crippen LogP contribution is 2.38. The Morgan fingerprint density at radius 2 is 1.86 bits per heavy atom. The predicted octanol–water partition coefficient (Wildman–Crippen LogP) is 3.22. The number of hydrogen-bond donors (Lipinski definition) is 3. The molecule has 0 aliphatic heterocycles. The Hall–Kier alpha value is -2.29. The van der Waals surface area contributed by atoms with E-state index in [0.29, 0.717) is 5.69 Å². The third-order valence-electron chi connectivity index (χ3n) is 5.65. The number of anilines is 1. The van der Waals surface area contributed by atoms with Crippen LogP contribution in [0.15, 0.2) is 33.7 Å². The molecule has 1 heterocycles. The molecule has 0 spiro atoms. The summed E-state index contributed by atoms with van der Waals surface area (Å²) in [4.78, 5) is 16.8. The maximum Gasteiger partial charge on any atom is 0.354 e. The van der Waals surface area contributed by atoms with Gasteiger partial charge in [-0.1, -0.05) is 0 Å². The first-order valence-corrected chi connectivity index (χ1v) is 11.4. The summed E-state index contributed by atoms with van der Waals surface area (Å²) < 4.78 is 16.6. The molecular formula is C21H26N4O3S. The summed E-state index contributed by atoms with van der Waals surface area (Å²) in [7, 11) is -3.45. The number of benzene rings is 1. The van der Waals surface area contributed by atoms with Crippen molar-refractivity contribution in [2.45, 2.75) is 62.9 Å². The van der Waals surface area contributed by atoms with Crippen LogP contribution in [0.5, 0.6) is 0 Å². The van der Waals surface area contributed by atoms with E-state index in [1.807, 2.05) is 6.07 Å². The van der Waals surface area contributed by atoms with E-state index in [4.69, 9.17) is 5.14 Å². The molecule has 2 aromatic rings. The number of aromatic nitrogens is 1. The Labute approximate surface area is 171 Å². The summed E-state index contributed by atoms with van der Waals surface area (Å²) in [6.45, 7) is 3.20. The van der Waals surface area contributed by atoms with Crippen LogP contribution in [0.4, 0.5) is 10.5 Å². The molecule has 4 N–H and O–H groups in total. The van der Waals surface area contributed by atoms with Gasteiger partial charge >= 0.3 is 6.03 Å². The summed E-state index contributed by atoms with van der Waals surface area (Å²) in [5, 5.41) is 18.6. The van der Waals surface area contributed by atoms with Crippen molar-refractivity contribution in [2.75, 3.05) is 5.32 Å². The largest absolute Gasteiger partial charge is 0.384 e. The van der Waals surface area contributed by atoms with Crippen molar-refractivity contribution in [3.05, 3.63) is 52.3 Å². The van der Waals surface area contributed by atoms with Gasteiger partial charge in [-0.25, -0.2) is 14.1 Å². The molecule has 4 rings (SSSR count). The van der Waals surface area contributed by atoms with Crippen LogP contribution in [0.25, 0.3) is 0 Å². The van der Waals surface area contributed by atoms with Crippen LogP contribution in [-0.2, 0) is 41.2 Å². The lowest BCUT2D eigenvalue weighted by atomic mass is 9.98. The summed E-state index contributed by atoms with van der Waals surface area (Å²) in [6.07, 6.45) is 7.63. The van der Waals surface area contributed by atoms with Crippen LogP contribution in [0.3, 0.4) is 0 Å². The first kappa shape index (κ1) is 20.0. The zero-order chi connectivity index (χ0) is 20.8. The number of aryl methyl sites for hydroxylation is 1. The van der Waals surface area contributed by atoms with Gasteiger partial charge in [0.05, 0.1) is 10.6 Å². The van der Waals surface area contributed by atoms with Gasteiger partial charge in [0, 0.05) is 11.9 Å². The summed E-state index contributed by atoms with van der Waals surface area (Å²) in [5.74, 6) is 0. The zero-order valence-corrected chi connectivity index (χ0v) is 17.5. The van der Waals surface area contributed by atoms with Gasteiger partial charge in [0.15, 0.2) is 0 Å². The van der Waals surface area contributed by atoms with Crippen molar-refractivity contribution >= 4 is 21.6 Å².